The minimum atomic E-state index is -0.819. The van der Waals surface area contributed by atoms with Crippen molar-refractivity contribution in [3.63, 3.8) is 0 Å². The van der Waals surface area contributed by atoms with Gasteiger partial charge in [0.25, 0.3) is 0 Å². The van der Waals surface area contributed by atoms with E-state index in [9.17, 15) is 9.59 Å². The number of hydrazine groups is 1. The van der Waals surface area contributed by atoms with Crippen molar-refractivity contribution in [1.29, 1.82) is 0 Å². The number of rotatable bonds is 4. The quantitative estimate of drug-likeness (QED) is 0.703. The van der Waals surface area contributed by atoms with Crippen molar-refractivity contribution < 1.29 is 14.7 Å². The van der Waals surface area contributed by atoms with E-state index in [1.165, 1.54) is 0 Å². The Balaban J connectivity index is 2.52. The van der Waals surface area contributed by atoms with Crippen LogP contribution in [-0.4, -0.2) is 46.6 Å². The Hall–Kier alpha value is -1.10. The standard InChI is InChI=1S/C9H16N2O3/c1-3-11-8(12)4-5-10(11)6-7(2)9(13)14/h7H,3-6H2,1-2H3,(H,13,14). The molecule has 14 heavy (non-hydrogen) atoms. The lowest BCUT2D eigenvalue weighted by Gasteiger charge is -2.27. The van der Waals surface area contributed by atoms with E-state index in [1.807, 2.05) is 11.9 Å². The van der Waals surface area contributed by atoms with Crippen molar-refractivity contribution in [2.24, 2.45) is 5.92 Å². The minimum absolute atomic E-state index is 0.0880. The summed E-state index contributed by atoms with van der Waals surface area (Å²) < 4.78 is 0. The number of amides is 1. The molecule has 1 atom stereocenters. The van der Waals surface area contributed by atoms with Crippen LogP contribution in [0.15, 0.2) is 0 Å². The van der Waals surface area contributed by atoms with Gasteiger partial charge in [-0.3, -0.25) is 14.6 Å². The highest BCUT2D eigenvalue weighted by Crippen LogP contribution is 2.13. The van der Waals surface area contributed by atoms with Gasteiger partial charge in [0.2, 0.25) is 5.91 Å². The largest absolute Gasteiger partial charge is 0.481 e. The average Bonchev–Trinajstić information content (AvgIpc) is 2.46. The minimum Gasteiger partial charge on any atom is -0.481 e. The van der Waals surface area contributed by atoms with Gasteiger partial charge in [0.15, 0.2) is 0 Å². The number of carboxylic acids is 1. The lowest BCUT2D eigenvalue weighted by Crippen LogP contribution is -2.42. The maximum absolute atomic E-state index is 11.3. The van der Waals surface area contributed by atoms with Gasteiger partial charge in [-0.05, 0) is 6.92 Å². The molecule has 80 valence electrons. The zero-order valence-corrected chi connectivity index (χ0v) is 8.56. The smallest absolute Gasteiger partial charge is 0.307 e. The van der Waals surface area contributed by atoms with Crippen LogP contribution in [0.1, 0.15) is 20.3 Å². The van der Waals surface area contributed by atoms with E-state index in [4.69, 9.17) is 5.11 Å². The molecule has 0 aromatic carbocycles. The summed E-state index contributed by atoms with van der Waals surface area (Å²) in [6.07, 6.45) is 0.500. The number of nitrogens with zero attached hydrogens (tertiary/aromatic N) is 2. The van der Waals surface area contributed by atoms with Gasteiger partial charge in [0, 0.05) is 26.1 Å². The molecule has 1 fully saturated rings. The van der Waals surface area contributed by atoms with Gasteiger partial charge >= 0.3 is 5.97 Å². The second-order valence-electron chi connectivity index (χ2n) is 3.51. The Kier molecular flexibility index (Phi) is 3.46. The molecule has 0 aromatic rings. The van der Waals surface area contributed by atoms with Gasteiger partial charge in [-0.15, -0.1) is 0 Å². The Bertz CT molecular complexity index is 242. The summed E-state index contributed by atoms with van der Waals surface area (Å²) in [7, 11) is 0. The van der Waals surface area contributed by atoms with Gasteiger partial charge in [0.1, 0.15) is 0 Å². The first-order valence-corrected chi connectivity index (χ1v) is 4.84. The van der Waals surface area contributed by atoms with Gasteiger partial charge in [-0.25, -0.2) is 5.01 Å². The van der Waals surface area contributed by atoms with Gasteiger partial charge < -0.3 is 5.11 Å². The highest BCUT2D eigenvalue weighted by atomic mass is 16.4. The molecule has 0 aromatic heterocycles. The van der Waals surface area contributed by atoms with E-state index >= 15 is 0 Å². The SMILES string of the molecule is CCN1C(=O)CCN1CC(C)C(=O)O. The number of aliphatic carboxylic acids is 1. The number of hydrogen-bond acceptors (Lipinski definition) is 3. The van der Waals surface area contributed by atoms with E-state index < -0.39 is 11.9 Å². The normalized spacial score (nSPS) is 20.1. The molecule has 1 unspecified atom stereocenters. The molecule has 0 spiro atoms. The third-order valence-corrected chi connectivity index (χ3v) is 2.42. The van der Waals surface area contributed by atoms with Crippen LogP contribution in [-0.2, 0) is 9.59 Å². The average molecular weight is 200 g/mol. The maximum atomic E-state index is 11.3. The molecular formula is C9H16N2O3. The van der Waals surface area contributed by atoms with Crippen LogP contribution in [0.3, 0.4) is 0 Å². The maximum Gasteiger partial charge on any atom is 0.307 e. The molecule has 0 saturated carbocycles. The summed E-state index contributed by atoms with van der Waals surface area (Å²) in [6.45, 7) is 5.21. The first-order chi connectivity index (χ1) is 6.56. The van der Waals surface area contributed by atoms with Gasteiger partial charge in [-0.2, -0.15) is 0 Å². The molecule has 1 aliphatic heterocycles. The van der Waals surface area contributed by atoms with Crippen LogP contribution in [0.25, 0.3) is 0 Å². The van der Waals surface area contributed by atoms with Crippen molar-refractivity contribution >= 4 is 11.9 Å². The van der Waals surface area contributed by atoms with Gasteiger partial charge in [0.05, 0.1) is 5.92 Å². The van der Waals surface area contributed by atoms with E-state index in [0.29, 0.717) is 26.1 Å². The van der Waals surface area contributed by atoms with Crippen LogP contribution in [0, 0.1) is 5.92 Å². The highest BCUT2D eigenvalue weighted by Gasteiger charge is 2.29. The summed E-state index contributed by atoms with van der Waals surface area (Å²) >= 11 is 0. The molecule has 1 N–H and O–H groups in total. The molecule has 0 bridgehead atoms. The molecule has 1 amide bonds. The monoisotopic (exact) mass is 200 g/mol. The van der Waals surface area contributed by atoms with Gasteiger partial charge in [-0.1, -0.05) is 6.92 Å². The molecule has 1 aliphatic rings. The Labute approximate surface area is 83.3 Å². The fourth-order valence-corrected chi connectivity index (χ4v) is 1.59. The number of hydrogen-bond donors (Lipinski definition) is 1. The summed E-state index contributed by atoms with van der Waals surface area (Å²) in [5.41, 5.74) is 0. The summed E-state index contributed by atoms with van der Waals surface area (Å²) in [4.78, 5) is 21.9. The second-order valence-corrected chi connectivity index (χ2v) is 3.51. The number of carbonyl (C=O) groups is 2. The third-order valence-electron chi connectivity index (χ3n) is 2.42. The van der Waals surface area contributed by atoms with Crippen LogP contribution < -0.4 is 0 Å². The third kappa shape index (κ3) is 2.23. The topological polar surface area (TPSA) is 60.9 Å². The van der Waals surface area contributed by atoms with Crippen molar-refractivity contribution in [1.82, 2.24) is 10.0 Å². The van der Waals surface area contributed by atoms with Crippen molar-refractivity contribution in [3.05, 3.63) is 0 Å². The fourth-order valence-electron chi connectivity index (χ4n) is 1.59. The molecule has 5 heteroatoms. The number of carboxylic acid groups (broad SMARTS) is 1. The lowest BCUT2D eigenvalue weighted by atomic mass is 10.2. The van der Waals surface area contributed by atoms with E-state index in [1.54, 1.807) is 11.9 Å². The van der Waals surface area contributed by atoms with E-state index in [0.717, 1.165) is 0 Å². The molecule has 1 heterocycles. The van der Waals surface area contributed by atoms with Crippen LogP contribution in [0.2, 0.25) is 0 Å². The Morgan fingerprint density at radius 2 is 2.29 bits per heavy atom. The lowest BCUT2D eigenvalue weighted by molar-refractivity contribution is -0.147. The molecule has 1 rings (SSSR count). The first-order valence-electron chi connectivity index (χ1n) is 4.84. The molecule has 5 nitrogen and oxygen atoms in total. The molecule has 1 saturated heterocycles. The number of carbonyl (C=O) groups excluding carboxylic acids is 1. The molecule has 0 radical (unpaired) electrons. The van der Waals surface area contributed by atoms with Crippen LogP contribution in [0.4, 0.5) is 0 Å². The highest BCUT2D eigenvalue weighted by molar-refractivity contribution is 5.77. The molecule has 0 aliphatic carbocycles. The summed E-state index contributed by atoms with van der Waals surface area (Å²) in [5, 5.41) is 12.2. The van der Waals surface area contributed by atoms with Crippen molar-refractivity contribution in [3.8, 4) is 0 Å². The Morgan fingerprint density at radius 3 is 2.79 bits per heavy atom. The predicted octanol–water partition coefficient (Wildman–Crippen LogP) is 0.176. The predicted molar refractivity (Wildman–Crippen MR) is 50.4 cm³/mol. The van der Waals surface area contributed by atoms with E-state index in [-0.39, 0.29) is 5.91 Å². The summed E-state index contributed by atoms with van der Waals surface area (Å²) in [6, 6.07) is 0. The molecular weight excluding hydrogens is 184 g/mol. The van der Waals surface area contributed by atoms with Crippen LogP contribution >= 0.6 is 0 Å². The zero-order valence-electron chi connectivity index (χ0n) is 8.56. The first kappa shape index (κ1) is 11.0. The fraction of sp³-hybridized carbons (Fsp3) is 0.778. The Morgan fingerprint density at radius 1 is 1.64 bits per heavy atom. The van der Waals surface area contributed by atoms with Crippen molar-refractivity contribution in [2.75, 3.05) is 19.6 Å². The van der Waals surface area contributed by atoms with E-state index in [2.05, 4.69) is 0 Å². The van der Waals surface area contributed by atoms with Crippen molar-refractivity contribution in [2.45, 2.75) is 20.3 Å². The van der Waals surface area contributed by atoms with Crippen LogP contribution in [0.5, 0.6) is 0 Å². The summed E-state index contributed by atoms with van der Waals surface area (Å²) in [5.74, 6) is -1.17. The second kappa shape index (κ2) is 4.41. The zero-order chi connectivity index (χ0) is 10.7.